The van der Waals surface area contributed by atoms with E-state index < -0.39 is 0 Å². The Bertz CT molecular complexity index is 503. The molecule has 0 aliphatic rings. The molecule has 0 radical (unpaired) electrons. The lowest BCUT2D eigenvalue weighted by Crippen LogP contribution is -2.34. The smallest absolute Gasteiger partial charge is 0.243 e. The summed E-state index contributed by atoms with van der Waals surface area (Å²) < 4.78 is 1.78. The molecule has 5 nitrogen and oxygen atoms in total. The molecule has 3 N–H and O–H groups in total. The molecule has 2 aromatic rings. The van der Waals surface area contributed by atoms with Gasteiger partial charge in [0.05, 0.1) is 0 Å². The number of nitrogens with zero attached hydrogens (tertiary/aromatic N) is 3. The molecule has 2 aromatic heterocycles. The molecule has 0 saturated heterocycles. The monoisotopic (exact) mass is 233 g/mol. The number of nitrogens with one attached hydrogen (secondary N) is 1. The molecule has 2 heterocycles. The van der Waals surface area contributed by atoms with Gasteiger partial charge in [-0.15, -0.1) is 5.10 Å². The van der Waals surface area contributed by atoms with Crippen LogP contribution in [0.2, 0.25) is 0 Å². The maximum absolute atomic E-state index is 5.72. The van der Waals surface area contributed by atoms with E-state index in [1.54, 1.807) is 4.52 Å². The van der Waals surface area contributed by atoms with Crippen LogP contribution in [0.1, 0.15) is 19.4 Å². The average molecular weight is 233 g/mol. The van der Waals surface area contributed by atoms with Crippen LogP contribution in [0.15, 0.2) is 18.3 Å². The van der Waals surface area contributed by atoms with Crippen LogP contribution in [0.5, 0.6) is 0 Å². The maximum atomic E-state index is 5.72. The third kappa shape index (κ3) is 2.39. The van der Waals surface area contributed by atoms with Crippen molar-refractivity contribution in [2.75, 3.05) is 11.9 Å². The fraction of sp³-hybridized carbons (Fsp3) is 0.500. The normalized spacial score (nSPS) is 13.2. The van der Waals surface area contributed by atoms with E-state index in [0.717, 1.165) is 11.2 Å². The van der Waals surface area contributed by atoms with Gasteiger partial charge >= 0.3 is 0 Å². The summed E-state index contributed by atoms with van der Waals surface area (Å²) in [6.07, 6.45) is 1.90. The van der Waals surface area contributed by atoms with Gasteiger partial charge in [-0.1, -0.05) is 19.9 Å². The van der Waals surface area contributed by atoms with Crippen LogP contribution < -0.4 is 11.1 Å². The molecule has 1 atom stereocenters. The largest absolute Gasteiger partial charge is 0.349 e. The summed E-state index contributed by atoms with van der Waals surface area (Å²) in [5, 5.41) is 7.66. The minimum Gasteiger partial charge on any atom is -0.349 e. The highest BCUT2D eigenvalue weighted by molar-refractivity contribution is 5.50. The van der Waals surface area contributed by atoms with Crippen molar-refractivity contribution in [1.82, 2.24) is 14.6 Å². The fourth-order valence-corrected chi connectivity index (χ4v) is 1.76. The first-order valence-electron chi connectivity index (χ1n) is 5.90. The van der Waals surface area contributed by atoms with Crippen molar-refractivity contribution in [2.45, 2.75) is 26.8 Å². The Hall–Kier alpha value is -1.62. The Morgan fingerprint density at radius 2 is 2.24 bits per heavy atom. The Morgan fingerprint density at radius 1 is 1.47 bits per heavy atom. The van der Waals surface area contributed by atoms with Crippen molar-refractivity contribution in [3.8, 4) is 0 Å². The molecule has 0 aliphatic carbocycles. The molecule has 0 aliphatic heterocycles. The number of rotatable bonds is 4. The van der Waals surface area contributed by atoms with Gasteiger partial charge in [0.25, 0.3) is 0 Å². The predicted octanol–water partition coefficient (Wildman–Crippen LogP) is 1.43. The van der Waals surface area contributed by atoms with E-state index in [-0.39, 0.29) is 6.04 Å². The summed E-state index contributed by atoms with van der Waals surface area (Å²) >= 11 is 0. The highest BCUT2D eigenvalue weighted by Crippen LogP contribution is 2.12. The van der Waals surface area contributed by atoms with Crippen molar-refractivity contribution < 1.29 is 0 Å². The second-order valence-corrected chi connectivity index (χ2v) is 4.63. The standard InChI is InChI=1S/C12H19N5/c1-8(2)10(7-13)14-12-15-11-9(3)5-4-6-17(11)16-12/h4-6,8,10H,7,13H2,1-3H3,(H,14,16). The lowest BCUT2D eigenvalue weighted by Gasteiger charge is -2.18. The fourth-order valence-electron chi connectivity index (χ4n) is 1.76. The van der Waals surface area contributed by atoms with Crippen LogP contribution in [0, 0.1) is 12.8 Å². The Kier molecular flexibility index (Phi) is 3.28. The molecule has 0 bridgehead atoms. The van der Waals surface area contributed by atoms with E-state index in [0.29, 0.717) is 18.4 Å². The zero-order valence-electron chi connectivity index (χ0n) is 10.5. The van der Waals surface area contributed by atoms with Crippen molar-refractivity contribution in [3.05, 3.63) is 23.9 Å². The number of hydrogen-bond donors (Lipinski definition) is 2. The summed E-state index contributed by atoms with van der Waals surface area (Å²) in [6, 6.07) is 4.19. The first-order chi connectivity index (χ1) is 8.11. The minimum atomic E-state index is 0.202. The van der Waals surface area contributed by atoms with Crippen LogP contribution >= 0.6 is 0 Å². The lowest BCUT2D eigenvalue weighted by molar-refractivity contribution is 0.528. The number of nitrogens with two attached hydrogens (primary N) is 1. The van der Waals surface area contributed by atoms with Gasteiger partial charge in [-0.2, -0.15) is 4.98 Å². The van der Waals surface area contributed by atoms with E-state index in [9.17, 15) is 0 Å². The van der Waals surface area contributed by atoms with Crippen molar-refractivity contribution in [1.29, 1.82) is 0 Å². The third-order valence-electron chi connectivity index (χ3n) is 2.93. The van der Waals surface area contributed by atoms with Crippen LogP contribution in [0.25, 0.3) is 5.65 Å². The number of anilines is 1. The van der Waals surface area contributed by atoms with Crippen molar-refractivity contribution >= 4 is 11.6 Å². The van der Waals surface area contributed by atoms with Crippen LogP contribution in [-0.4, -0.2) is 27.2 Å². The molecular weight excluding hydrogens is 214 g/mol. The predicted molar refractivity (Wildman–Crippen MR) is 69.0 cm³/mol. The van der Waals surface area contributed by atoms with E-state index in [4.69, 9.17) is 5.73 Å². The van der Waals surface area contributed by atoms with Gasteiger partial charge in [0, 0.05) is 18.8 Å². The average Bonchev–Trinajstić information content (AvgIpc) is 2.69. The van der Waals surface area contributed by atoms with Crippen LogP contribution in [0.3, 0.4) is 0 Å². The van der Waals surface area contributed by atoms with Crippen LogP contribution in [-0.2, 0) is 0 Å². The summed E-state index contributed by atoms with van der Waals surface area (Å²) in [6.45, 7) is 6.86. The molecule has 0 aromatic carbocycles. The molecule has 92 valence electrons. The molecule has 2 rings (SSSR count). The summed E-state index contributed by atoms with van der Waals surface area (Å²) in [5.41, 5.74) is 7.72. The highest BCUT2D eigenvalue weighted by Gasteiger charge is 2.14. The highest BCUT2D eigenvalue weighted by atomic mass is 15.3. The maximum Gasteiger partial charge on any atom is 0.243 e. The summed E-state index contributed by atoms with van der Waals surface area (Å²) in [5.74, 6) is 1.09. The van der Waals surface area contributed by atoms with Gasteiger partial charge < -0.3 is 11.1 Å². The number of fused-ring (bicyclic) bond motifs is 1. The minimum absolute atomic E-state index is 0.202. The van der Waals surface area contributed by atoms with E-state index in [2.05, 4.69) is 29.2 Å². The van der Waals surface area contributed by atoms with Crippen molar-refractivity contribution in [3.63, 3.8) is 0 Å². The van der Waals surface area contributed by atoms with Gasteiger partial charge in [-0.3, -0.25) is 0 Å². The van der Waals surface area contributed by atoms with E-state index >= 15 is 0 Å². The molecule has 17 heavy (non-hydrogen) atoms. The first kappa shape index (κ1) is 11.9. The number of hydrogen-bond acceptors (Lipinski definition) is 4. The second kappa shape index (κ2) is 4.71. The molecule has 0 saturated carbocycles. The molecule has 0 fully saturated rings. The quantitative estimate of drug-likeness (QED) is 0.838. The van der Waals surface area contributed by atoms with Crippen LogP contribution in [0.4, 0.5) is 5.95 Å². The number of aryl methyl sites for hydroxylation is 1. The van der Waals surface area contributed by atoms with Gasteiger partial charge in [-0.25, -0.2) is 4.52 Å². The molecule has 0 amide bonds. The molecular formula is C12H19N5. The molecule has 5 heteroatoms. The topological polar surface area (TPSA) is 68.2 Å². The Labute approximate surface area is 101 Å². The van der Waals surface area contributed by atoms with E-state index in [1.165, 1.54) is 0 Å². The SMILES string of the molecule is Cc1cccn2nc(NC(CN)C(C)C)nc12. The molecule has 0 spiro atoms. The van der Waals surface area contributed by atoms with Gasteiger partial charge in [0.2, 0.25) is 5.95 Å². The zero-order valence-corrected chi connectivity index (χ0v) is 10.5. The summed E-state index contributed by atoms with van der Waals surface area (Å²) in [4.78, 5) is 4.47. The Balaban J connectivity index is 2.28. The zero-order chi connectivity index (χ0) is 12.4. The van der Waals surface area contributed by atoms with Crippen molar-refractivity contribution in [2.24, 2.45) is 11.7 Å². The number of pyridine rings is 1. The summed E-state index contributed by atoms with van der Waals surface area (Å²) in [7, 11) is 0. The lowest BCUT2D eigenvalue weighted by atomic mass is 10.1. The molecule has 1 unspecified atom stereocenters. The van der Waals surface area contributed by atoms with Gasteiger partial charge in [0.15, 0.2) is 5.65 Å². The second-order valence-electron chi connectivity index (χ2n) is 4.63. The van der Waals surface area contributed by atoms with E-state index in [1.807, 2.05) is 25.3 Å². The third-order valence-corrected chi connectivity index (χ3v) is 2.93. The Morgan fingerprint density at radius 3 is 2.82 bits per heavy atom. The van der Waals surface area contributed by atoms with Gasteiger partial charge in [0.1, 0.15) is 0 Å². The van der Waals surface area contributed by atoms with Gasteiger partial charge in [-0.05, 0) is 24.5 Å². The first-order valence-corrected chi connectivity index (χ1v) is 5.90. The number of aromatic nitrogens is 3.